The van der Waals surface area contributed by atoms with E-state index in [0.717, 1.165) is 21.5 Å². The summed E-state index contributed by atoms with van der Waals surface area (Å²) in [6.07, 6.45) is 4.17. The number of aromatic nitrogens is 4. The summed E-state index contributed by atoms with van der Waals surface area (Å²) in [5, 5.41) is 6.11. The van der Waals surface area contributed by atoms with Gasteiger partial charge in [0.25, 0.3) is 5.56 Å². The number of rotatable bonds is 3. The maximum Gasteiger partial charge on any atom is 0.258 e. The van der Waals surface area contributed by atoms with Gasteiger partial charge in [-0.2, -0.15) is 5.10 Å². The lowest BCUT2D eigenvalue weighted by Gasteiger charge is -2.07. The van der Waals surface area contributed by atoms with Crippen LogP contribution >= 0.6 is 15.9 Å². The van der Waals surface area contributed by atoms with Crippen molar-refractivity contribution in [2.24, 2.45) is 7.05 Å². The monoisotopic (exact) mass is 358 g/mol. The number of aryl methyl sites for hydroxylation is 1. The quantitative estimate of drug-likeness (QED) is 0.723. The van der Waals surface area contributed by atoms with E-state index in [1.807, 2.05) is 37.5 Å². The summed E-state index contributed by atoms with van der Waals surface area (Å²) < 4.78 is 4.38. The van der Waals surface area contributed by atoms with E-state index in [9.17, 15) is 4.79 Å². The van der Waals surface area contributed by atoms with Crippen LogP contribution in [0.1, 0.15) is 30.4 Å². The standard InChI is InChI=1S/C16H15BrN4O/c1-20-14(18-15(19-20)11-2-3-11)9-21-7-6-10-4-5-12(17)8-13(10)16(21)22/h4-8,11H,2-3,9H2,1H3. The van der Waals surface area contributed by atoms with E-state index in [0.29, 0.717) is 17.8 Å². The Morgan fingerprint density at radius 1 is 1.32 bits per heavy atom. The molecule has 0 saturated heterocycles. The largest absolute Gasteiger partial charge is 0.307 e. The highest BCUT2D eigenvalue weighted by Crippen LogP contribution is 2.38. The van der Waals surface area contributed by atoms with Gasteiger partial charge in [0.2, 0.25) is 0 Å². The fourth-order valence-electron chi connectivity index (χ4n) is 2.62. The fraction of sp³-hybridized carbons (Fsp3) is 0.312. The summed E-state index contributed by atoms with van der Waals surface area (Å²) >= 11 is 3.42. The smallest absolute Gasteiger partial charge is 0.258 e. The summed E-state index contributed by atoms with van der Waals surface area (Å²) in [6.45, 7) is 0.442. The van der Waals surface area contributed by atoms with Crippen LogP contribution < -0.4 is 5.56 Å². The van der Waals surface area contributed by atoms with Gasteiger partial charge in [-0.1, -0.05) is 22.0 Å². The molecule has 112 valence electrons. The lowest BCUT2D eigenvalue weighted by Crippen LogP contribution is -2.21. The van der Waals surface area contributed by atoms with Crippen LogP contribution in [0.5, 0.6) is 0 Å². The van der Waals surface area contributed by atoms with Crippen molar-refractivity contribution in [2.75, 3.05) is 0 Å². The van der Waals surface area contributed by atoms with Gasteiger partial charge in [-0.05, 0) is 36.4 Å². The van der Waals surface area contributed by atoms with Gasteiger partial charge in [0.05, 0.1) is 6.54 Å². The first-order chi connectivity index (χ1) is 10.6. The molecule has 0 atom stereocenters. The molecule has 0 aliphatic heterocycles. The summed E-state index contributed by atoms with van der Waals surface area (Å²) in [7, 11) is 1.89. The van der Waals surface area contributed by atoms with Crippen LogP contribution in [-0.4, -0.2) is 19.3 Å². The third-order valence-electron chi connectivity index (χ3n) is 4.06. The van der Waals surface area contributed by atoms with Crippen LogP contribution in [0.2, 0.25) is 0 Å². The first kappa shape index (κ1) is 13.7. The molecule has 2 aromatic heterocycles. The Hall–Kier alpha value is -1.95. The van der Waals surface area contributed by atoms with Crippen molar-refractivity contribution < 1.29 is 0 Å². The van der Waals surface area contributed by atoms with Crippen LogP contribution in [0.3, 0.4) is 0 Å². The van der Waals surface area contributed by atoms with Gasteiger partial charge in [0.1, 0.15) is 5.82 Å². The second kappa shape index (κ2) is 5.05. The zero-order chi connectivity index (χ0) is 15.3. The Balaban J connectivity index is 1.75. The van der Waals surface area contributed by atoms with Gasteiger partial charge in [-0.25, -0.2) is 4.98 Å². The van der Waals surface area contributed by atoms with E-state index in [-0.39, 0.29) is 5.56 Å². The number of halogens is 1. The molecule has 0 N–H and O–H groups in total. The summed E-state index contributed by atoms with van der Waals surface area (Å²) in [4.78, 5) is 17.2. The van der Waals surface area contributed by atoms with Crippen molar-refractivity contribution in [3.63, 3.8) is 0 Å². The molecule has 4 rings (SSSR count). The average Bonchev–Trinajstić information content (AvgIpc) is 3.28. The predicted molar refractivity (Wildman–Crippen MR) is 88.0 cm³/mol. The van der Waals surface area contributed by atoms with Gasteiger partial charge >= 0.3 is 0 Å². The van der Waals surface area contributed by atoms with E-state index in [1.165, 1.54) is 12.8 Å². The highest BCUT2D eigenvalue weighted by Gasteiger charge is 2.28. The minimum Gasteiger partial charge on any atom is -0.307 e. The van der Waals surface area contributed by atoms with Crippen molar-refractivity contribution in [2.45, 2.75) is 25.3 Å². The van der Waals surface area contributed by atoms with E-state index >= 15 is 0 Å². The number of hydrogen-bond donors (Lipinski definition) is 0. The molecule has 5 nitrogen and oxygen atoms in total. The second-order valence-corrected chi connectivity index (χ2v) is 6.68. The minimum atomic E-state index is -0.00484. The van der Waals surface area contributed by atoms with Crippen molar-refractivity contribution in [3.8, 4) is 0 Å². The Kier molecular flexibility index (Phi) is 3.14. The number of hydrogen-bond acceptors (Lipinski definition) is 3. The Morgan fingerprint density at radius 3 is 2.91 bits per heavy atom. The van der Waals surface area contributed by atoms with E-state index in [2.05, 4.69) is 26.0 Å². The van der Waals surface area contributed by atoms with Gasteiger partial charge in [-0.15, -0.1) is 0 Å². The molecule has 1 fully saturated rings. The Bertz CT molecular complexity index is 924. The van der Waals surface area contributed by atoms with Crippen LogP contribution in [0.4, 0.5) is 0 Å². The van der Waals surface area contributed by atoms with Gasteiger partial charge in [-0.3, -0.25) is 9.48 Å². The van der Waals surface area contributed by atoms with Crippen LogP contribution in [0, 0.1) is 0 Å². The molecular weight excluding hydrogens is 344 g/mol. The molecule has 3 aromatic rings. The number of pyridine rings is 1. The fourth-order valence-corrected chi connectivity index (χ4v) is 2.98. The predicted octanol–water partition coefficient (Wildman–Crippen LogP) is 2.82. The molecule has 2 heterocycles. The average molecular weight is 359 g/mol. The van der Waals surface area contributed by atoms with E-state index in [1.54, 1.807) is 9.25 Å². The second-order valence-electron chi connectivity index (χ2n) is 5.76. The van der Waals surface area contributed by atoms with Gasteiger partial charge in [0, 0.05) is 29.0 Å². The molecule has 0 amide bonds. The number of fused-ring (bicyclic) bond motifs is 1. The number of nitrogens with zero attached hydrogens (tertiary/aromatic N) is 4. The Morgan fingerprint density at radius 2 is 2.14 bits per heavy atom. The third-order valence-corrected chi connectivity index (χ3v) is 4.56. The Labute approximate surface area is 135 Å². The zero-order valence-corrected chi connectivity index (χ0v) is 13.7. The van der Waals surface area contributed by atoms with Crippen LogP contribution in [-0.2, 0) is 13.6 Å². The molecule has 0 spiro atoms. The van der Waals surface area contributed by atoms with Crippen molar-refractivity contribution in [3.05, 3.63) is 56.9 Å². The SMILES string of the molecule is Cn1nc(C2CC2)nc1Cn1ccc2ccc(Br)cc2c1=O. The first-order valence-electron chi connectivity index (χ1n) is 7.30. The highest BCUT2D eigenvalue weighted by molar-refractivity contribution is 9.10. The topological polar surface area (TPSA) is 52.7 Å². The number of benzene rings is 1. The molecule has 6 heteroatoms. The lowest BCUT2D eigenvalue weighted by molar-refractivity contribution is 0.642. The summed E-state index contributed by atoms with van der Waals surface area (Å²) in [5.74, 6) is 2.25. The van der Waals surface area contributed by atoms with Crippen molar-refractivity contribution in [1.82, 2.24) is 19.3 Å². The molecule has 0 unspecified atom stereocenters. The summed E-state index contributed by atoms with van der Waals surface area (Å²) in [5.41, 5.74) is -0.00484. The first-order valence-corrected chi connectivity index (χ1v) is 8.09. The molecule has 1 aromatic carbocycles. The molecular formula is C16H15BrN4O. The van der Waals surface area contributed by atoms with Gasteiger partial charge < -0.3 is 4.57 Å². The van der Waals surface area contributed by atoms with Gasteiger partial charge in [0.15, 0.2) is 5.82 Å². The van der Waals surface area contributed by atoms with Crippen molar-refractivity contribution >= 4 is 26.7 Å². The van der Waals surface area contributed by atoms with E-state index in [4.69, 9.17) is 0 Å². The molecule has 1 aliphatic carbocycles. The minimum absolute atomic E-state index is 0.00484. The molecule has 1 aliphatic rings. The molecule has 1 saturated carbocycles. The lowest BCUT2D eigenvalue weighted by atomic mass is 10.2. The normalized spacial score (nSPS) is 14.6. The summed E-state index contributed by atoms with van der Waals surface area (Å²) in [6, 6.07) is 7.71. The zero-order valence-electron chi connectivity index (χ0n) is 12.2. The highest BCUT2D eigenvalue weighted by atomic mass is 79.9. The molecule has 0 radical (unpaired) electrons. The third kappa shape index (κ3) is 2.37. The maximum atomic E-state index is 12.6. The van der Waals surface area contributed by atoms with Crippen LogP contribution in [0.15, 0.2) is 39.7 Å². The molecule has 0 bridgehead atoms. The van der Waals surface area contributed by atoms with E-state index < -0.39 is 0 Å². The van der Waals surface area contributed by atoms with Crippen molar-refractivity contribution in [1.29, 1.82) is 0 Å². The van der Waals surface area contributed by atoms with Crippen LogP contribution in [0.25, 0.3) is 10.8 Å². The molecule has 22 heavy (non-hydrogen) atoms. The maximum absolute atomic E-state index is 12.6.